The predicted octanol–water partition coefficient (Wildman–Crippen LogP) is -0.0734. The summed E-state index contributed by atoms with van der Waals surface area (Å²) < 4.78 is 0. The van der Waals surface area contributed by atoms with Crippen molar-refractivity contribution >= 4 is 17.6 Å². The lowest BCUT2D eigenvalue weighted by Gasteiger charge is -2.27. The van der Waals surface area contributed by atoms with Gasteiger partial charge in [-0.1, -0.05) is 6.07 Å². The number of nitrogens with two attached hydrogens (primary N) is 2. The van der Waals surface area contributed by atoms with Crippen LogP contribution < -0.4 is 16.8 Å². The van der Waals surface area contributed by atoms with Crippen LogP contribution in [0.15, 0.2) is 12.1 Å². The van der Waals surface area contributed by atoms with Gasteiger partial charge in [0.1, 0.15) is 5.82 Å². The highest BCUT2D eigenvalue weighted by atomic mass is 16.2. The number of nitrogens with zero attached hydrogens (tertiary/aromatic N) is 2. The van der Waals surface area contributed by atoms with E-state index in [4.69, 9.17) is 11.5 Å². The Kier molecular flexibility index (Phi) is 4.97. The van der Waals surface area contributed by atoms with E-state index >= 15 is 0 Å². The summed E-state index contributed by atoms with van der Waals surface area (Å²) in [5.74, 6) is -0.0255. The molecule has 1 aliphatic heterocycles. The Hall–Kier alpha value is -2.15. The van der Waals surface area contributed by atoms with Crippen LogP contribution in [0.3, 0.4) is 0 Å². The van der Waals surface area contributed by atoms with Crippen molar-refractivity contribution in [2.45, 2.75) is 45.3 Å². The highest BCUT2D eigenvalue weighted by Gasteiger charge is 2.35. The largest absolute Gasteiger partial charge is 0.384 e. The first-order chi connectivity index (χ1) is 10.4. The van der Waals surface area contributed by atoms with Crippen LogP contribution in [-0.2, 0) is 16.1 Å². The Balaban J connectivity index is 1.95. The van der Waals surface area contributed by atoms with Crippen molar-refractivity contribution in [3.8, 4) is 0 Å². The molecule has 1 aromatic rings. The number of likely N-dealkylation sites (tertiary alicyclic amines) is 1. The maximum Gasteiger partial charge on any atom is 0.237 e. The minimum absolute atomic E-state index is 0.121. The lowest BCUT2D eigenvalue weighted by molar-refractivity contribution is -0.129. The van der Waals surface area contributed by atoms with Crippen LogP contribution in [0.25, 0.3) is 0 Å². The molecule has 1 aliphatic rings. The number of nitrogens with one attached hydrogen (secondary N) is 1. The molecule has 2 heterocycles. The van der Waals surface area contributed by atoms with E-state index in [9.17, 15) is 9.59 Å². The monoisotopic (exact) mass is 305 g/mol. The van der Waals surface area contributed by atoms with Crippen LogP contribution in [-0.4, -0.2) is 40.3 Å². The normalized spacial score (nSPS) is 19.8. The topological polar surface area (TPSA) is 114 Å². The zero-order valence-corrected chi connectivity index (χ0v) is 13.0. The summed E-state index contributed by atoms with van der Waals surface area (Å²) in [5, 5.41) is 2.88. The number of hydrogen-bond acceptors (Lipinski definition) is 5. The molecule has 1 fully saturated rings. The van der Waals surface area contributed by atoms with Gasteiger partial charge in [0.2, 0.25) is 11.8 Å². The van der Waals surface area contributed by atoms with E-state index in [1.165, 1.54) is 0 Å². The molecule has 7 heteroatoms. The van der Waals surface area contributed by atoms with Gasteiger partial charge in [0, 0.05) is 12.2 Å². The van der Waals surface area contributed by atoms with E-state index in [2.05, 4.69) is 10.3 Å². The predicted molar refractivity (Wildman–Crippen MR) is 83.6 cm³/mol. The van der Waals surface area contributed by atoms with Crippen LogP contribution in [0.4, 0.5) is 5.82 Å². The molecule has 1 aromatic heterocycles. The molecule has 7 nitrogen and oxygen atoms in total. The maximum atomic E-state index is 12.3. The molecule has 0 spiro atoms. The first kappa shape index (κ1) is 16.2. The van der Waals surface area contributed by atoms with Gasteiger partial charge in [0.05, 0.1) is 12.1 Å². The summed E-state index contributed by atoms with van der Waals surface area (Å²) in [6, 6.07) is 2.83. The number of aromatic nitrogens is 1. The second-order valence-electron chi connectivity index (χ2n) is 5.67. The fraction of sp³-hybridized carbons (Fsp3) is 0.533. The van der Waals surface area contributed by atoms with E-state index in [-0.39, 0.29) is 23.9 Å². The molecule has 5 N–H and O–H groups in total. The second-order valence-corrected chi connectivity index (χ2v) is 5.67. The standard InChI is InChI=1S/C15H23N5O2/c1-9-11(5-6-13(16)19-9)8-18-15(22)10(2)20-7-3-4-12(20)14(17)21/h5-6,10,12H,3-4,7-8H2,1-2H3,(H2,16,19)(H2,17,21)(H,18,22)/t10-,12?/m0/s1. The minimum Gasteiger partial charge on any atom is -0.384 e. The van der Waals surface area contributed by atoms with Crippen LogP contribution in [0.1, 0.15) is 31.0 Å². The molecule has 1 saturated heterocycles. The Labute approximate surface area is 130 Å². The van der Waals surface area contributed by atoms with Crippen LogP contribution in [0.2, 0.25) is 0 Å². The van der Waals surface area contributed by atoms with Gasteiger partial charge in [-0.2, -0.15) is 0 Å². The van der Waals surface area contributed by atoms with Crippen molar-refractivity contribution in [1.29, 1.82) is 0 Å². The number of nitrogen functional groups attached to an aromatic ring is 1. The third-order valence-corrected chi connectivity index (χ3v) is 4.17. The van der Waals surface area contributed by atoms with Crippen molar-refractivity contribution in [3.05, 3.63) is 23.4 Å². The quantitative estimate of drug-likeness (QED) is 0.704. The summed E-state index contributed by atoms with van der Waals surface area (Å²) in [6.45, 7) is 4.75. The average Bonchev–Trinajstić information content (AvgIpc) is 2.94. The maximum absolute atomic E-state index is 12.3. The Bertz CT molecular complexity index is 575. The molecule has 2 atom stereocenters. The SMILES string of the molecule is Cc1nc(N)ccc1CNC(=O)[C@H](C)N1CCCC1C(N)=O. The van der Waals surface area contributed by atoms with Crippen molar-refractivity contribution in [2.75, 3.05) is 12.3 Å². The average molecular weight is 305 g/mol. The number of hydrogen-bond donors (Lipinski definition) is 3. The number of anilines is 1. The molecule has 0 radical (unpaired) electrons. The summed E-state index contributed by atoms with van der Waals surface area (Å²) >= 11 is 0. The molecule has 120 valence electrons. The van der Waals surface area contributed by atoms with Gasteiger partial charge in [0.15, 0.2) is 0 Å². The lowest BCUT2D eigenvalue weighted by Crippen LogP contribution is -2.50. The molecule has 22 heavy (non-hydrogen) atoms. The van der Waals surface area contributed by atoms with Gasteiger partial charge in [0.25, 0.3) is 0 Å². The number of rotatable bonds is 5. The lowest BCUT2D eigenvalue weighted by atomic mass is 10.1. The molecule has 2 rings (SSSR count). The molecule has 0 saturated carbocycles. The summed E-state index contributed by atoms with van der Waals surface area (Å²) in [4.78, 5) is 29.8. The molecule has 0 bridgehead atoms. The first-order valence-corrected chi connectivity index (χ1v) is 7.45. The van der Waals surface area contributed by atoms with Crippen molar-refractivity contribution < 1.29 is 9.59 Å². The van der Waals surface area contributed by atoms with Gasteiger partial charge in [-0.25, -0.2) is 4.98 Å². The van der Waals surface area contributed by atoms with Gasteiger partial charge < -0.3 is 16.8 Å². The van der Waals surface area contributed by atoms with Crippen LogP contribution >= 0.6 is 0 Å². The zero-order chi connectivity index (χ0) is 16.3. The fourth-order valence-corrected chi connectivity index (χ4v) is 2.83. The van der Waals surface area contributed by atoms with E-state index in [0.717, 1.165) is 17.7 Å². The third-order valence-electron chi connectivity index (χ3n) is 4.17. The van der Waals surface area contributed by atoms with Crippen LogP contribution in [0.5, 0.6) is 0 Å². The smallest absolute Gasteiger partial charge is 0.237 e. The molecule has 0 aliphatic carbocycles. The van der Waals surface area contributed by atoms with Gasteiger partial charge >= 0.3 is 0 Å². The van der Waals surface area contributed by atoms with Crippen LogP contribution in [0, 0.1) is 6.92 Å². The number of aryl methyl sites for hydroxylation is 1. The minimum atomic E-state index is -0.387. The Morgan fingerprint density at radius 2 is 2.23 bits per heavy atom. The number of carbonyl (C=O) groups excluding carboxylic acids is 2. The number of pyridine rings is 1. The highest BCUT2D eigenvalue weighted by Crippen LogP contribution is 2.20. The van der Waals surface area contributed by atoms with Crippen molar-refractivity contribution in [3.63, 3.8) is 0 Å². The number of carbonyl (C=O) groups is 2. The summed E-state index contributed by atoms with van der Waals surface area (Å²) in [7, 11) is 0. The molecular weight excluding hydrogens is 282 g/mol. The fourth-order valence-electron chi connectivity index (χ4n) is 2.83. The first-order valence-electron chi connectivity index (χ1n) is 7.45. The number of amides is 2. The Morgan fingerprint density at radius 3 is 2.86 bits per heavy atom. The van der Waals surface area contributed by atoms with E-state index in [1.54, 1.807) is 13.0 Å². The third kappa shape index (κ3) is 3.54. The van der Waals surface area contributed by atoms with Crippen molar-refractivity contribution in [2.24, 2.45) is 5.73 Å². The molecule has 1 unspecified atom stereocenters. The number of primary amides is 1. The zero-order valence-electron chi connectivity index (χ0n) is 13.0. The van der Waals surface area contributed by atoms with E-state index in [1.807, 2.05) is 17.9 Å². The molecular formula is C15H23N5O2. The second kappa shape index (κ2) is 6.74. The Morgan fingerprint density at radius 1 is 1.50 bits per heavy atom. The van der Waals surface area contributed by atoms with Gasteiger partial charge in [-0.15, -0.1) is 0 Å². The van der Waals surface area contributed by atoms with Gasteiger partial charge in [-0.3, -0.25) is 14.5 Å². The summed E-state index contributed by atoms with van der Waals surface area (Å²) in [5.41, 5.74) is 12.7. The molecule has 2 amide bonds. The summed E-state index contributed by atoms with van der Waals surface area (Å²) in [6.07, 6.45) is 1.60. The van der Waals surface area contributed by atoms with Gasteiger partial charge in [-0.05, 0) is 44.9 Å². The van der Waals surface area contributed by atoms with E-state index in [0.29, 0.717) is 25.3 Å². The highest BCUT2D eigenvalue weighted by molar-refractivity contribution is 5.84. The molecule has 0 aromatic carbocycles. The van der Waals surface area contributed by atoms with E-state index < -0.39 is 0 Å². The van der Waals surface area contributed by atoms with Crippen molar-refractivity contribution in [1.82, 2.24) is 15.2 Å².